The number of para-hydroxylation sites is 1. The van der Waals surface area contributed by atoms with Gasteiger partial charge in [-0.25, -0.2) is 0 Å². The number of benzene rings is 3. The van der Waals surface area contributed by atoms with Crippen LogP contribution in [0.4, 0.5) is 5.69 Å². The van der Waals surface area contributed by atoms with Gasteiger partial charge in [-0.05, 0) is 54.4 Å². The first-order chi connectivity index (χ1) is 16.7. The predicted molar refractivity (Wildman–Crippen MR) is 133 cm³/mol. The number of hydrogen-bond donors (Lipinski definition) is 0. The van der Waals surface area contributed by atoms with Gasteiger partial charge in [-0.1, -0.05) is 42.1 Å². The molecule has 0 aliphatic carbocycles. The lowest BCUT2D eigenvalue weighted by Crippen LogP contribution is -2.30. The van der Waals surface area contributed by atoms with Crippen molar-refractivity contribution in [3.05, 3.63) is 78.4 Å². The number of carbonyl (C=O) groups excluding carboxylic acids is 1. The van der Waals surface area contributed by atoms with Crippen molar-refractivity contribution in [3.63, 3.8) is 0 Å². The quantitative estimate of drug-likeness (QED) is 0.365. The second kappa shape index (κ2) is 9.61. The molecule has 0 saturated carbocycles. The zero-order chi connectivity index (χ0) is 23.5. The fraction of sp³-hybridized carbons (Fsp3) is 0.192. The van der Waals surface area contributed by atoms with Crippen LogP contribution in [0.3, 0.4) is 0 Å². The van der Waals surface area contributed by atoms with Crippen molar-refractivity contribution in [1.29, 1.82) is 0 Å². The zero-order valence-electron chi connectivity index (χ0n) is 19.0. The number of fused-ring (bicyclic) bond motifs is 1. The number of anilines is 1. The summed E-state index contributed by atoms with van der Waals surface area (Å²) in [5.41, 5.74) is 3.96. The van der Waals surface area contributed by atoms with E-state index in [0.717, 1.165) is 34.9 Å². The Bertz CT molecular complexity index is 1320. The summed E-state index contributed by atoms with van der Waals surface area (Å²) in [6.45, 7) is 0.707. The van der Waals surface area contributed by atoms with Crippen LogP contribution in [0.2, 0.25) is 0 Å². The standard InChI is InChI=1S/C26H24N4O3S/c1-32-21-12-10-20(11-13-21)30-25(19-7-5-8-22(16-19)33-2)27-28-26(30)34-17-24(31)29-15-14-18-6-3-4-9-23(18)29/h3-13,16H,14-15,17H2,1-2H3. The molecule has 0 fully saturated rings. The number of thioether (sulfide) groups is 1. The molecule has 2 heterocycles. The Morgan fingerprint density at radius 2 is 1.74 bits per heavy atom. The molecule has 0 N–H and O–H groups in total. The Hall–Kier alpha value is -3.78. The van der Waals surface area contributed by atoms with E-state index >= 15 is 0 Å². The maximum Gasteiger partial charge on any atom is 0.237 e. The van der Waals surface area contributed by atoms with Crippen molar-refractivity contribution in [2.75, 3.05) is 31.4 Å². The Morgan fingerprint density at radius 3 is 2.53 bits per heavy atom. The number of carbonyl (C=O) groups is 1. The zero-order valence-corrected chi connectivity index (χ0v) is 19.8. The second-order valence-corrected chi connectivity index (χ2v) is 8.73. The number of amides is 1. The van der Waals surface area contributed by atoms with E-state index in [2.05, 4.69) is 16.3 Å². The molecule has 7 nitrogen and oxygen atoms in total. The van der Waals surface area contributed by atoms with Gasteiger partial charge in [0.05, 0.1) is 20.0 Å². The molecule has 4 aromatic rings. The summed E-state index contributed by atoms with van der Waals surface area (Å²) in [7, 11) is 3.27. The van der Waals surface area contributed by atoms with Crippen LogP contribution in [0, 0.1) is 0 Å². The molecule has 1 aliphatic rings. The van der Waals surface area contributed by atoms with Gasteiger partial charge in [0.2, 0.25) is 5.91 Å². The van der Waals surface area contributed by atoms with E-state index in [0.29, 0.717) is 17.5 Å². The molecule has 172 valence electrons. The number of hydrogen-bond acceptors (Lipinski definition) is 6. The number of aromatic nitrogens is 3. The molecule has 1 aromatic heterocycles. The predicted octanol–water partition coefficient (Wildman–Crippen LogP) is 4.63. The summed E-state index contributed by atoms with van der Waals surface area (Å²) in [6, 6.07) is 23.5. The Morgan fingerprint density at radius 1 is 0.941 bits per heavy atom. The van der Waals surface area contributed by atoms with Crippen LogP contribution in [0.5, 0.6) is 11.5 Å². The third kappa shape index (κ3) is 4.24. The van der Waals surface area contributed by atoms with Gasteiger partial charge in [0.1, 0.15) is 11.5 Å². The fourth-order valence-corrected chi connectivity index (χ4v) is 4.91. The molecule has 8 heteroatoms. The van der Waals surface area contributed by atoms with E-state index in [4.69, 9.17) is 9.47 Å². The summed E-state index contributed by atoms with van der Waals surface area (Å²) in [4.78, 5) is 14.9. The summed E-state index contributed by atoms with van der Waals surface area (Å²) in [5, 5.41) is 9.56. The second-order valence-electron chi connectivity index (χ2n) is 7.78. The molecule has 5 rings (SSSR count). The summed E-state index contributed by atoms with van der Waals surface area (Å²) in [6.07, 6.45) is 0.884. The Balaban J connectivity index is 1.46. The van der Waals surface area contributed by atoms with Gasteiger partial charge in [0, 0.05) is 23.5 Å². The highest BCUT2D eigenvalue weighted by atomic mass is 32.2. The number of methoxy groups -OCH3 is 2. The van der Waals surface area contributed by atoms with Gasteiger partial charge in [-0.2, -0.15) is 0 Å². The van der Waals surface area contributed by atoms with Crippen molar-refractivity contribution in [2.45, 2.75) is 11.6 Å². The molecule has 0 spiro atoms. The van der Waals surface area contributed by atoms with Gasteiger partial charge in [0.15, 0.2) is 11.0 Å². The average Bonchev–Trinajstić information content (AvgIpc) is 3.52. The Labute approximate surface area is 202 Å². The highest BCUT2D eigenvalue weighted by Gasteiger charge is 2.25. The molecule has 1 amide bonds. The minimum Gasteiger partial charge on any atom is -0.497 e. The first-order valence-corrected chi connectivity index (χ1v) is 11.9. The van der Waals surface area contributed by atoms with Gasteiger partial charge >= 0.3 is 0 Å². The normalized spacial score (nSPS) is 12.5. The van der Waals surface area contributed by atoms with Crippen LogP contribution in [0.15, 0.2) is 78.0 Å². The van der Waals surface area contributed by atoms with Crippen LogP contribution in [0.25, 0.3) is 17.1 Å². The lowest BCUT2D eigenvalue weighted by atomic mass is 10.2. The largest absolute Gasteiger partial charge is 0.497 e. The van der Waals surface area contributed by atoms with Crippen LogP contribution in [0.1, 0.15) is 5.56 Å². The van der Waals surface area contributed by atoms with Crippen LogP contribution < -0.4 is 14.4 Å². The fourth-order valence-electron chi connectivity index (χ4n) is 4.08. The van der Waals surface area contributed by atoms with Gasteiger partial charge in [-0.15, -0.1) is 10.2 Å². The third-order valence-corrected chi connectivity index (χ3v) is 6.72. The molecule has 34 heavy (non-hydrogen) atoms. The Kier molecular flexibility index (Phi) is 6.22. The van der Waals surface area contributed by atoms with Crippen LogP contribution >= 0.6 is 11.8 Å². The summed E-state index contributed by atoms with van der Waals surface area (Å²) < 4.78 is 12.7. The van der Waals surface area contributed by atoms with E-state index in [1.165, 1.54) is 17.3 Å². The molecule has 0 unspecified atom stereocenters. The lowest BCUT2D eigenvalue weighted by molar-refractivity contribution is -0.116. The maximum absolute atomic E-state index is 13.1. The molecule has 1 aliphatic heterocycles. The van der Waals surface area contributed by atoms with Crippen molar-refractivity contribution in [1.82, 2.24) is 14.8 Å². The molecule has 0 atom stereocenters. The lowest BCUT2D eigenvalue weighted by Gasteiger charge is -2.17. The van der Waals surface area contributed by atoms with E-state index in [-0.39, 0.29) is 11.7 Å². The highest BCUT2D eigenvalue weighted by Crippen LogP contribution is 2.32. The minimum absolute atomic E-state index is 0.0576. The number of nitrogens with zero attached hydrogens (tertiary/aromatic N) is 4. The van der Waals surface area contributed by atoms with Crippen molar-refractivity contribution < 1.29 is 14.3 Å². The average molecular weight is 473 g/mol. The first kappa shape index (κ1) is 22.0. The molecule has 3 aromatic carbocycles. The SMILES string of the molecule is COc1ccc(-n2c(SCC(=O)N3CCc4ccccc43)nnc2-c2cccc(OC)c2)cc1. The van der Waals surface area contributed by atoms with E-state index in [1.54, 1.807) is 14.2 Å². The monoisotopic (exact) mass is 472 g/mol. The van der Waals surface area contributed by atoms with Crippen LogP contribution in [-0.4, -0.2) is 47.2 Å². The smallest absolute Gasteiger partial charge is 0.237 e. The molecule has 0 radical (unpaired) electrons. The highest BCUT2D eigenvalue weighted by molar-refractivity contribution is 7.99. The van der Waals surface area contributed by atoms with E-state index in [9.17, 15) is 4.79 Å². The van der Waals surface area contributed by atoms with Crippen molar-refractivity contribution in [2.24, 2.45) is 0 Å². The van der Waals surface area contributed by atoms with Crippen molar-refractivity contribution >= 4 is 23.4 Å². The first-order valence-electron chi connectivity index (χ1n) is 10.9. The molecular formula is C26H24N4O3S. The third-order valence-electron chi connectivity index (χ3n) is 5.80. The van der Waals surface area contributed by atoms with Crippen molar-refractivity contribution in [3.8, 4) is 28.6 Å². The van der Waals surface area contributed by atoms with Gasteiger partial charge in [0.25, 0.3) is 0 Å². The number of rotatable bonds is 7. The summed E-state index contributed by atoms with van der Waals surface area (Å²) in [5.74, 6) is 2.49. The van der Waals surface area contributed by atoms with Gasteiger partial charge < -0.3 is 14.4 Å². The van der Waals surface area contributed by atoms with Crippen LogP contribution in [-0.2, 0) is 11.2 Å². The number of ether oxygens (including phenoxy) is 2. The molecular weight excluding hydrogens is 448 g/mol. The van der Waals surface area contributed by atoms with E-state index in [1.807, 2.05) is 76.2 Å². The minimum atomic E-state index is 0.0576. The molecule has 0 saturated heterocycles. The van der Waals surface area contributed by atoms with E-state index < -0.39 is 0 Å². The summed E-state index contributed by atoms with van der Waals surface area (Å²) >= 11 is 1.38. The van der Waals surface area contributed by atoms with Gasteiger partial charge in [-0.3, -0.25) is 9.36 Å². The topological polar surface area (TPSA) is 69.5 Å². The maximum atomic E-state index is 13.1. The molecule has 0 bridgehead atoms.